The van der Waals surface area contributed by atoms with Crippen molar-refractivity contribution in [1.82, 2.24) is 10.2 Å². The van der Waals surface area contributed by atoms with E-state index < -0.39 is 0 Å². The van der Waals surface area contributed by atoms with Crippen LogP contribution in [0.1, 0.15) is 0 Å². The second-order valence-electron chi connectivity index (χ2n) is 7.31. The molecule has 0 radical (unpaired) electrons. The molecule has 1 saturated heterocycles. The molecule has 0 atom stereocenters. The van der Waals surface area contributed by atoms with Gasteiger partial charge in [-0.15, -0.1) is 0 Å². The fourth-order valence-corrected chi connectivity index (χ4v) is 3.71. The molecule has 0 spiro atoms. The number of nitrogens with zero attached hydrogens (tertiary/aromatic N) is 4. The summed E-state index contributed by atoms with van der Waals surface area (Å²) in [6.45, 7) is 3.49. The monoisotopic (exact) mass is 390 g/mol. The van der Waals surface area contributed by atoms with E-state index in [1.807, 2.05) is 32.3 Å². The molecule has 7 nitrogen and oxygen atoms in total. The number of rotatable bonds is 6. The molecule has 2 heterocycles. The number of carbonyl (C=O) groups is 1. The number of aromatic amines is 1. The second kappa shape index (κ2) is 8.26. The van der Waals surface area contributed by atoms with Crippen LogP contribution in [0.4, 0.5) is 22.9 Å². The van der Waals surface area contributed by atoms with E-state index in [0.717, 1.165) is 54.6 Å². The number of hydrogen-bond acceptors (Lipinski definition) is 5. The SMILES string of the molecule is CN(C)c1ccc(-c2[nH]nc(N3CCN(c4ccccc4)CC3)c2NC=O)cc1. The summed E-state index contributed by atoms with van der Waals surface area (Å²) in [5, 5.41) is 10.5. The van der Waals surface area contributed by atoms with Gasteiger partial charge in [0.1, 0.15) is 5.69 Å². The van der Waals surface area contributed by atoms with E-state index in [9.17, 15) is 4.79 Å². The summed E-state index contributed by atoms with van der Waals surface area (Å²) in [6.07, 6.45) is 0.715. The van der Waals surface area contributed by atoms with Gasteiger partial charge in [0.25, 0.3) is 0 Å². The van der Waals surface area contributed by atoms with E-state index in [4.69, 9.17) is 0 Å². The number of hydrogen-bond donors (Lipinski definition) is 2. The average Bonchev–Trinajstić information content (AvgIpc) is 3.18. The summed E-state index contributed by atoms with van der Waals surface area (Å²) in [5.74, 6) is 0.788. The topological polar surface area (TPSA) is 67.5 Å². The summed E-state index contributed by atoms with van der Waals surface area (Å²) in [7, 11) is 4.02. The van der Waals surface area contributed by atoms with Crippen molar-refractivity contribution in [2.75, 3.05) is 60.3 Å². The molecular weight excluding hydrogens is 364 g/mol. The summed E-state index contributed by atoms with van der Waals surface area (Å²) in [5.41, 5.74) is 4.90. The first kappa shape index (κ1) is 18.9. The summed E-state index contributed by atoms with van der Waals surface area (Å²) in [4.78, 5) is 17.9. The number of para-hydroxylation sites is 1. The van der Waals surface area contributed by atoms with Gasteiger partial charge in [0.05, 0.1) is 5.69 Å². The molecule has 1 aliphatic rings. The number of aromatic nitrogens is 2. The van der Waals surface area contributed by atoms with Crippen LogP contribution in [0.2, 0.25) is 0 Å². The van der Waals surface area contributed by atoms with Gasteiger partial charge in [0.2, 0.25) is 6.41 Å². The molecule has 2 N–H and O–H groups in total. The predicted octanol–water partition coefficient (Wildman–Crippen LogP) is 3.04. The lowest BCUT2D eigenvalue weighted by Gasteiger charge is -2.36. The van der Waals surface area contributed by atoms with Crippen LogP contribution in [0.3, 0.4) is 0 Å². The molecule has 1 amide bonds. The van der Waals surface area contributed by atoms with E-state index in [-0.39, 0.29) is 0 Å². The third kappa shape index (κ3) is 3.89. The number of piperazine rings is 1. The number of carbonyl (C=O) groups excluding carboxylic acids is 1. The maximum atomic E-state index is 11.3. The lowest BCUT2D eigenvalue weighted by atomic mass is 10.1. The van der Waals surface area contributed by atoms with Gasteiger partial charge in [-0.25, -0.2) is 0 Å². The Balaban J connectivity index is 1.55. The number of H-pyrrole nitrogens is 1. The largest absolute Gasteiger partial charge is 0.378 e. The van der Waals surface area contributed by atoms with Crippen molar-refractivity contribution in [1.29, 1.82) is 0 Å². The highest BCUT2D eigenvalue weighted by Gasteiger charge is 2.24. The zero-order chi connectivity index (χ0) is 20.2. The van der Waals surface area contributed by atoms with Crippen LogP contribution < -0.4 is 20.0 Å². The smallest absolute Gasteiger partial charge is 0.211 e. The Morgan fingerprint density at radius 2 is 1.62 bits per heavy atom. The lowest BCUT2D eigenvalue weighted by molar-refractivity contribution is -0.105. The van der Waals surface area contributed by atoms with Gasteiger partial charge in [-0.2, -0.15) is 5.10 Å². The molecule has 0 aliphatic carbocycles. The maximum Gasteiger partial charge on any atom is 0.211 e. The number of anilines is 4. The number of amides is 1. The van der Waals surface area contributed by atoms with Crippen LogP contribution in [0.25, 0.3) is 11.3 Å². The van der Waals surface area contributed by atoms with Gasteiger partial charge in [-0.05, 0) is 24.3 Å². The van der Waals surface area contributed by atoms with Crippen LogP contribution >= 0.6 is 0 Å². The van der Waals surface area contributed by atoms with Crippen LogP contribution in [0, 0.1) is 0 Å². The third-order valence-electron chi connectivity index (χ3n) is 5.32. The minimum Gasteiger partial charge on any atom is -0.378 e. The Hall–Kier alpha value is -3.48. The van der Waals surface area contributed by atoms with E-state index in [1.165, 1.54) is 5.69 Å². The molecule has 0 saturated carbocycles. The molecule has 1 aromatic heterocycles. The van der Waals surface area contributed by atoms with E-state index in [2.05, 4.69) is 66.6 Å². The van der Waals surface area contributed by atoms with Crippen molar-refractivity contribution in [2.45, 2.75) is 0 Å². The molecule has 150 valence electrons. The molecule has 2 aromatic carbocycles. The zero-order valence-corrected chi connectivity index (χ0v) is 16.8. The van der Waals surface area contributed by atoms with Crippen molar-refractivity contribution in [3.8, 4) is 11.3 Å². The van der Waals surface area contributed by atoms with Crippen LogP contribution in [-0.4, -0.2) is 56.9 Å². The minimum atomic E-state index is 0.715. The van der Waals surface area contributed by atoms with Crippen molar-refractivity contribution < 1.29 is 4.79 Å². The van der Waals surface area contributed by atoms with Crippen molar-refractivity contribution in [3.05, 3.63) is 54.6 Å². The van der Waals surface area contributed by atoms with Crippen LogP contribution in [0.5, 0.6) is 0 Å². The summed E-state index contributed by atoms with van der Waals surface area (Å²) >= 11 is 0. The van der Waals surface area contributed by atoms with Crippen LogP contribution in [-0.2, 0) is 4.79 Å². The third-order valence-corrected chi connectivity index (χ3v) is 5.32. The van der Waals surface area contributed by atoms with Crippen molar-refractivity contribution >= 4 is 29.3 Å². The highest BCUT2D eigenvalue weighted by atomic mass is 16.1. The second-order valence-corrected chi connectivity index (χ2v) is 7.31. The fraction of sp³-hybridized carbons (Fsp3) is 0.273. The number of benzene rings is 2. The molecule has 29 heavy (non-hydrogen) atoms. The first-order valence-electron chi connectivity index (χ1n) is 9.78. The Labute approximate surface area is 170 Å². The molecular formula is C22H26N6O. The highest BCUT2D eigenvalue weighted by Crippen LogP contribution is 2.35. The fourth-order valence-electron chi connectivity index (χ4n) is 3.71. The van der Waals surface area contributed by atoms with Gasteiger partial charge in [-0.3, -0.25) is 9.89 Å². The van der Waals surface area contributed by atoms with Gasteiger partial charge >= 0.3 is 0 Å². The molecule has 0 bridgehead atoms. The molecule has 1 aliphatic heterocycles. The van der Waals surface area contributed by atoms with Gasteiger partial charge < -0.3 is 20.0 Å². The first-order chi connectivity index (χ1) is 14.2. The molecule has 4 rings (SSSR count). The minimum absolute atomic E-state index is 0.715. The predicted molar refractivity (Wildman–Crippen MR) is 119 cm³/mol. The normalized spacial score (nSPS) is 14.0. The Morgan fingerprint density at radius 3 is 2.24 bits per heavy atom. The quantitative estimate of drug-likeness (QED) is 0.634. The first-order valence-corrected chi connectivity index (χ1v) is 9.78. The Kier molecular flexibility index (Phi) is 5.37. The van der Waals surface area contributed by atoms with Gasteiger partial charge in [0, 0.05) is 57.2 Å². The number of nitrogens with one attached hydrogen (secondary N) is 2. The Morgan fingerprint density at radius 1 is 0.966 bits per heavy atom. The van der Waals surface area contributed by atoms with Crippen molar-refractivity contribution in [3.63, 3.8) is 0 Å². The zero-order valence-electron chi connectivity index (χ0n) is 16.8. The molecule has 1 fully saturated rings. The summed E-state index contributed by atoms with van der Waals surface area (Å²) < 4.78 is 0. The van der Waals surface area contributed by atoms with Crippen LogP contribution in [0.15, 0.2) is 54.6 Å². The van der Waals surface area contributed by atoms with Gasteiger partial charge in [-0.1, -0.05) is 30.3 Å². The Bertz CT molecular complexity index is 943. The highest BCUT2D eigenvalue weighted by molar-refractivity contribution is 5.90. The average molecular weight is 390 g/mol. The summed E-state index contributed by atoms with van der Waals surface area (Å²) in [6, 6.07) is 18.6. The van der Waals surface area contributed by atoms with E-state index in [1.54, 1.807) is 0 Å². The maximum absolute atomic E-state index is 11.3. The van der Waals surface area contributed by atoms with E-state index in [0.29, 0.717) is 6.41 Å². The molecule has 7 heteroatoms. The van der Waals surface area contributed by atoms with Gasteiger partial charge in [0.15, 0.2) is 5.82 Å². The lowest BCUT2D eigenvalue weighted by Crippen LogP contribution is -2.46. The van der Waals surface area contributed by atoms with Crippen molar-refractivity contribution in [2.24, 2.45) is 0 Å². The molecule has 3 aromatic rings. The molecule has 0 unspecified atom stereocenters. The van der Waals surface area contributed by atoms with E-state index >= 15 is 0 Å². The standard InChI is InChI=1S/C22H26N6O/c1-26(2)18-10-8-17(9-11-18)20-21(23-16-29)22(25-24-20)28-14-12-27(13-15-28)19-6-4-3-5-7-19/h3-11,16H,12-15H2,1-2H3,(H,23,29)(H,24,25).